The number of hydrogen-bond donors (Lipinski definition) is 3. The number of amides is 4. The van der Waals surface area contributed by atoms with Crippen molar-refractivity contribution in [3.63, 3.8) is 0 Å². The molecule has 0 saturated carbocycles. The molecule has 0 fully saturated rings. The average molecular weight is 835 g/mol. The van der Waals surface area contributed by atoms with Gasteiger partial charge in [0.1, 0.15) is 0 Å². The number of fused-ring (bicyclic) bond motifs is 2. The molecule has 3 aromatic carbocycles. The van der Waals surface area contributed by atoms with Gasteiger partial charge in [0.2, 0.25) is 5.91 Å². The lowest BCUT2D eigenvalue weighted by molar-refractivity contribution is -0.192. The number of alkyl halides is 3. The van der Waals surface area contributed by atoms with E-state index in [2.05, 4.69) is 5.32 Å². The molecule has 0 saturated heterocycles. The molecular formula is C34H36Cl2F3N5O10S. The van der Waals surface area contributed by atoms with E-state index >= 15 is 0 Å². The van der Waals surface area contributed by atoms with Gasteiger partial charge in [0.15, 0.2) is 5.54 Å². The second kappa shape index (κ2) is 17.2. The molecular weight excluding hydrogens is 798 g/mol. The first-order chi connectivity index (χ1) is 25.2. The SMILES string of the molecule is CCN(CC)C(=O)N1CCc2cc(S(=O)(=O)N3C(=O)C(NC(=O)CN(C)CC(=O)O)(c4ccccc4Cl)c4cc(Cl)ccc43)ccc21.O.O=C(O)C(F)(F)F. The Bertz CT molecular complexity index is 2100. The molecule has 0 aromatic heterocycles. The van der Waals surface area contributed by atoms with Crippen molar-refractivity contribution < 1.29 is 61.3 Å². The van der Waals surface area contributed by atoms with Crippen molar-refractivity contribution in [1.82, 2.24) is 15.1 Å². The fraction of sp³-hybridized carbons (Fsp3) is 0.324. The van der Waals surface area contributed by atoms with Gasteiger partial charge in [-0.05, 0) is 75.3 Å². The second-order valence-corrected chi connectivity index (χ2v) is 14.7. The molecule has 0 spiro atoms. The molecule has 2 aliphatic heterocycles. The Labute approximate surface area is 323 Å². The molecule has 1 unspecified atom stereocenters. The first-order valence-corrected chi connectivity index (χ1v) is 18.3. The highest BCUT2D eigenvalue weighted by Crippen LogP contribution is 2.49. The highest BCUT2D eigenvalue weighted by molar-refractivity contribution is 7.93. The maximum atomic E-state index is 14.7. The van der Waals surface area contributed by atoms with Crippen molar-refractivity contribution in [2.24, 2.45) is 0 Å². The largest absolute Gasteiger partial charge is 0.490 e. The topological polar surface area (TPSA) is 216 Å². The van der Waals surface area contributed by atoms with Gasteiger partial charge in [0.25, 0.3) is 15.9 Å². The smallest absolute Gasteiger partial charge is 0.480 e. The highest BCUT2D eigenvalue weighted by Gasteiger charge is 2.58. The number of carboxylic acid groups (broad SMARTS) is 2. The van der Waals surface area contributed by atoms with Crippen LogP contribution < -0.4 is 14.5 Å². The maximum Gasteiger partial charge on any atom is 0.490 e. The minimum absolute atomic E-state index is 0. The van der Waals surface area contributed by atoms with E-state index in [4.69, 9.17) is 33.1 Å². The van der Waals surface area contributed by atoms with Gasteiger partial charge >= 0.3 is 24.1 Å². The molecule has 0 radical (unpaired) electrons. The molecule has 0 aliphatic carbocycles. The van der Waals surface area contributed by atoms with Gasteiger partial charge in [-0.3, -0.25) is 24.2 Å². The van der Waals surface area contributed by atoms with Crippen LogP contribution in [-0.4, -0.2) is 110 Å². The quantitative estimate of drug-likeness (QED) is 0.269. The Morgan fingerprint density at radius 2 is 1.53 bits per heavy atom. The fourth-order valence-electron chi connectivity index (χ4n) is 6.10. The number of sulfonamides is 1. The third-order valence-electron chi connectivity index (χ3n) is 8.50. The van der Waals surface area contributed by atoms with Crippen molar-refractivity contribution in [2.75, 3.05) is 49.0 Å². The normalized spacial score (nSPS) is 16.1. The number of nitrogens with zero attached hydrogens (tertiary/aromatic N) is 4. The minimum atomic E-state index is -5.08. The number of hydrogen-bond acceptors (Lipinski definition) is 8. The zero-order chi connectivity index (χ0) is 40.3. The number of halogens is 5. The number of nitrogens with one attached hydrogen (secondary N) is 1. The van der Waals surface area contributed by atoms with Gasteiger partial charge in [-0.2, -0.15) is 17.5 Å². The standard InChI is InChI=1S/C32H33Cl2N5O7S.C2HF3O2.H2O/c1-4-37(5-2)31(44)38-15-14-20-16-22(11-13-26(20)38)47(45,46)39-27-12-10-21(33)17-24(27)32(30(39)43,23-8-6-7-9-25(23)34)35-28(40)18-36(3)19-29(41)42;3-2(4,5)1(6)7;/h6-13,16-17H,4-5,14-15,18-19H2,1-3H3,(H,35,40)(H,41,42);(H,6,7);1H2. The number of aliphatic carboxylic acids is 2. The first kappa shape index (κ1) is 44.4. The lowest BCUT2D eigenvalue weighted by Crippen LogP contribution is -2.56. The molecule has 298 valence electrons. The number of carbonyl (C=O) groups excluding carboxylic acids is 3. The fourth-order valence-corrected chi connectivity index (χ4v) is 8.07. The predicted octanol–water partition coefficient (Wildman–Crippen LogP) is 3.74. The number of anilines is 2. The van der Waals surface area contributed by atoms with Crippen molar-refractivity contribution in [2.45, 2.75) is 36.9 Å². The van der Waals surface area contributed by atoms with E-state index < -0.39 is 58.6 Å². The van der Waals surface area contributed by atoms with E-state index in [9.17, 15) is 45.9 Å². The zero-order valence-corrected chi connectivity index (χ0v) is 31.7. The van der Waals surface area contributed by atoms with Crippen LogP contribution >= 0.6 is 23.2 Å². The number of rotatable bonds is 10. The van der Waals surface area contributed by atoms with Crippen LogP contribution in [0.25, 0.3) is 0 Å². The number of likely N-dealkylation sites (N-methyl/N-ethyl adjacent to an activating group) is 1. The average Bonchev–Trinajstić information content (AvgIpc) is 3.61. The molecule has 5 N–H and O–H groups in total. The summed E-state index contributed by atoms with van der Waals surface area (Å²) in [6.45, 7) is 4.29. The zero-order valence-electron chi connectivity index (χ0n) is 29.4. The summed E-state index contributed by atoms with van der Waals surface area (Å²) in [6.07, 6.45) is -4.67. The van der Waals surface area contributed by atoms with E-state index in [1.807, 2.05) is 13.8 Å². The summed E-state index contributed by atoms with van der Waals surface area (Å²) in [5.41, 5.74) is -0.807. The molecule has 0 bridgehead atoms. The Kier molecular flexibility index (Phi) is 13.9. The maximum absolute atomic E-state index is 14.7. The van der Waals surface area contributed by atoms with Gasteiger partial charge in [-0.25, -0.2) is 18.0 Å². The minimum Gasteiger partial charge on any atom is -0.480 e. The number of carbonyl (C=O) groups is 5. The Morgan fingerprint density at radius 1 is 0.927 bits per heavy atom. The van der Waals surface area contributed by atoms with Gasteiger partial charge in [-0.1, -0.05) is 41.4 Å². The highest BCUT2D eigenvalue weighted by atomic mass is 35.5. The van der Waals surface area contributed by atoms with Crippen molar-refractivity contribution in [3.8, 4) is 0 Å². The van der Waals surface area contributed by atoms with E-state index in [-0.39, 0.29) is 43.3 Å². The van der Waals surface area contributed by atoms with E-state index in [0.717, 1.165) is 0 Å². The lowest BCUT2D eigenvalue weighted by atomic mass is 9.83. The van der Waals surface area contributed by atoms with Crippen LogP contribution in [0.1, 0.15) is 30.5 Å². The third kappa shape index (κ3) is 8.97. The molecule has 21 heteroatoms. The number of carboxylic acids is 2. The van der Waals surface area contributed by atoms with Crippen LogP contribution in [0.5, 0.6) is 0 Å². The monoisotopic (exact) mass is 833 g/mol. The van der Waals surface area contributed by atoms with E-state index in [1.54, 1.807) is 28.0 Å². The summed E-state index contributed by atoms with van der Waals surface area (Å²) < 4.78 is 61.3. The van der Waals surface area contributed by atoms with Gasteiger partial charge < -0.3 is 25.9 Å². The van der Waals surface area contributed by atoms with Gasteiger partial charge in [0.05, 0.1) is 23.7 Å². The van der Waals surface area contributed by atoms with Crippen LogP contribution in [0.4, 0.5) is 29.3 Å². The summed E-state index contributed by atoms with van der Waals surface area (Å²) in [6, 6.07) is 14.6. The number of urea groups is 1. The van der Waals surface area contributed by atoms with Gasteiger partial charge in [-0.15, -0.1) is 0 Å². The first-order valence-electron chi connectivity index (χ1n) is 16.1. The molecule has 4 amide bonds. The van der Waals surface area contributed by atoms with Crippen LogP contribution in [-0.2, 0) is 41.2 Å². The molecule has 3 aromatic rings. The molecule has 2 aliphatic rings. The third-order valence-corrected chi connectivity index (χ3v) is 10.8. The van der Waals surface area contributed by atoms with Crippen LogP contribution in [0, 0.1) is 0 Å². The van der Waals surface area contributed by atoms with E-state index in [0.29, 0.717) is 41.6 Å². The van der Waals surface area contributed by atoms with Gasteiger partial charge in [0, 0.05) is 46.5 Å². The van der Waals surface area contributed by atoms with Crippen molar-refractivity contribution in [1.29, 1.82) is 0 Å². The second-order valence-electron chi connectivity index (χ2n) is 12.0. The Balaban J connectivity index is 0.000000926. The van der Waals surface area contributed by atoms with Crippen LogP contribution in [0.3, 0.4) is 0 Å². The summed E-state index contributed by atoms with van der Waals surface area (Å²) >= 11 is 13.0. The molecule has 55 heavy (non-hydrogen) atoms. The van der Waals surface area contributed by atoms with Crippen LogP contribution in [0.15, 0.2) is 65.6 Å². The predicted molar refractivity (Wildman–Crippen MR) is 195 cm³/mol. The summed E-state index contributed by atoms with van der Waals surface area (Å²) in [5, 5.41) is 19.2. The molecule has 5 rings (SSSR count). The lowest BCUT2D eigenvalue weighted by Gasteiger charge is -2.32. The molecule has 2 heterocycles. The van der Waals surface area contributed by atoms with Crippen LogP contribution in [0.2, 0.25) is 10.0 Å². The molecule has 1 atom stereocenters. The summed E-state index contributed by atoms with van der Waals surface area (Å²) in [4.78, 5) is 65.8. The number of benzene rings is 3. The summed E-state index contributed by atoms with van der Waals surface area (Å²) in [7, 11) is -3.21. The van der Waals surface area contributed by atoms with Crippen molar-refractivity contribution >= 4 is 74.4 Å². The molecule has 15 nitrogen and oxygen atoms in total. The van der Waals surface area contributed by atoms with E-state index in [1.165, 1.54) is 54.4 Å². The Hall–Kier alpha value is -4.95. The van der Waals surface area contributed by atoms with Crippen molar-refractivity contribution in [3.05, 3.63) is 87.4 Å². The Morgan fingerprint density at radius 3 is 2.09 bits per heavy atom. The summed E-state index contributed by atoms with van der Waals surface area (Å²) in [5.74, 6) is -5.71.